The molecule has 0 radical (unpaired) electrons. The first-order valence-electron chi connectivity index (χ1n) is 7.53. The number of nitrogens with zero attached hydrogens (tertiary/aromatic N) is 3. The fourth-order valence-electron chi connectivity index (χ4n) is 2.45. The van der Waals surface area contributed by atoms with Gasteiger partial charge in [0.2, 0.25) is 5.28 Å². The van der Waals surface area contributed by atoms with E-state index in [1.807, 2.05) is 0 Å². The number of aliphatic hydroxyl groups is 2. The molecular weight excluding hydrogens is 454 g/mol. The lowest BCUT2D eigenvalue weighted by Gasteiger charge is -2.22. The molecule has 0 aliphatic heterocycles. The lowest BCUT2D eigenvalue weighted by Crippen LogP contribution is -2.34. The molecule has 0 spiro atoms. The summed E-state index contributed by atoms with van der Waals surface area (Å²) in [7, 11) is 0. The van der Waals surface area contributed by atoms with Gasteiger partial charge in [0.1, 0.15) is 10.1 Å². The summed E-state index contributed by atoms with van der Waals surface area (Å²) >= 11 is 10.2. The summed E-state index contributed by atoms with van der Waals surface area (Å²) in [5.74, 6) is -3.39. The molecule has 0 fully saturated rings. The average molecular weight is 468 g/mol. The summed E-state index contributed by atoms with van der Waals surface area (Å²) in [5, 5.41) is 28.3. The number of aromatic nitrogens is 3. The largest absolute Gasteiger partial charge is 0.344 e. The summed E-state index contributed by atoms with van der Waals surface area (Å²) in [4.78, 5) is 4.06. The van der Waals surface area contributed by atoms with Crippen LogP contribution in [0.5, 0.6) is 0 Å². The molecule has 140 valence electrons. The highest BCUT2D eigenvalue weighted by atomic mass is 79.9. The van der Waals surface area contributed by atoms with Crippen LogP contribution in [0.15, 0.2) is 22.1 Å². The smallest absolute Gasteiger partial charge is 0.283 e. The molecule has 3 rings (SSSR count). The minimum atomic E-state index is -2.48. The molecule has 0 saturated heterocycles. The molecule has 1 atom stereocenters. The monoisotopic (exact) mass is 466 g/mol. The maximum atomic E-state index is 15.0. The Hall–Kier alpha value is -1.33. The van der Waals surface area contributed by atoms with Gasteiger partial charge in [0, 0.05) is 5.56 Å². The van der Waals surface area contributed by atoms with E-state index in [1.54, 1.807) is 11.4 Å². The molecule has 11 heteroatoms. The number of thiophene rings is 1. The number of rotatable bonds is 6. The van der Waals surface area contributed by atoms with Crippen LogP contribution in [0.25, 0.3) is 5.52 Å². The number of alkyl halides is 1. The van der Waals surface area contributed by atoms with E-state index in [0.717, 1.165) is 15.9 Å². The molecule has 3 heterocycles. The lowest BCUT2D eigenvalue weighted by atomic mass is 10.1. The van der Waals surface area contributed by atoms with Gasteiger partial charge in [0.05, 0.1) is 11.0 Å². The fraction of sp³-hybridized carbons (Fsp3) is 0.333. The standard InChI is InChI=1S/C15H14BrClF2N4O2S/c1-7(18)4-5-8-10(19)11-13(20-14(17)22-23(11)12(8)16)21-15(24,25)9-3-2-6-26-9/h2-3,6-7,24-25H,4-5H2,1H3,(H,20,21,22). The SMILES string of the molecule is CC(F)CCc1c(F)c2c(NC(O)(O)c3cccs3)nc(Cl)nn2c1Br. The number of halogens is 4. The summed E-state index contributed by atoms with van der Waals surface area (Å²) in [6.45, 7) is 1.39. The minimum absolute atomic E-state index is 0.120. The van der Waals surface area contributed by atoms with Crippen molar-refractivity contribution in [2.24, 2.45) is 0 Å². The van der Waals surface area contributed by atoms with Crippen molar-refractivity contribution in [2.75, 3.05) is 5.32 Å². The van der Waals surface area contributed by atoms with Crippen molar-refractivity contribution in [3.8, 4) is 0 Å². The van der Waals surface area contributed by atoms with Gasteiger partial charge in [0.15, 0.2) is 11.6 Å². The van der Waals surface area contributed by atoms with Crippen molar-refractivity contribution in [1.29, 1.82) is 0 Å². The Labute approximate surface area is 164 Å². The van der Waals surface area contributed by atoms with Crippen LogP contribution in [-0.4, -0.2) is 31.0 Å². The second kappa shape index (κ2) is 7.35. The van der Waals surface area contributed by atoms with Gasteiger partial charge < -0.3 is 15.5 Å². The predicted molar refractivity (Wildman–Crippen MR) is 98.6 cm³/mol. The summed E-state index contributed by atoms with van der Waals surface area (Å²) < 4.78 is 29.5. The zero-order chi connectivity index (χ0) is 19.1. The van der Waals surface area contributed by atoms with E-state index in [2.05, 4.69) is 31.3 Å². The Kier molecular flexibility index (Phi) is 5.50. The van der Waals surface area contributed by atoms with E-state index in [1.165, 1.54) is 13.0 Å². The normalized spacial score (nSPS) is 13.3. The van der Waals surface area contributed by atoms with E-state index in [0.29, 0.717) is 0 Å². The fourth-order valence-corrected chi connectivity index (χ4v) is 3.91. The second-order valence-corrected chi connectivity index (χ2v) is 7.70. The van der Waals surface area contributed by atoms with Crippen LogP contribution in [0.1, 0.15) is 23.8 Å². The molecule has 3 aromatic rings. The van der Waals surface area contributed by atoms with Crippen molar-refractivity contribution in [3.63, 3.8) is 0 Å². The zero-order valence-corrected chi connectivity index (χ0v) is 16.5. The third-order valence-electron chi connectivity index (χ3n) is 3.68. The minimum Gasteiger partial charge on any atom is -0.344 e. The summed E-state index contributed by atoms with van der Waals surface area (Å²) in [5.41, 5.74) is 0.0681. The first-order chi connectivity index (χ1) is 12.2. The Morgan fingerprint density at radius 2 is 2.23 bits per heavy atom. The van der Waals surface area contributed by atoms with Crippen LogP contribution in [0.4, 0.5) is 14.6 Å². The van der Waals surface area contributed by atoms with Gasteiger partial charge in [-0.1, -0.05) is 6.07 Å². The van der Waals surface area contributed by atoms with Crippen molar-refractivity contribution < 1.29 is 19.0 Å². The van der Waals surface area contributed by atoms with Gasteiger partial charge in [0.25, 0.3) is 5.91 Å². The Bertz CT molecular complexity index is 934. The van der Waals surface area contributed by atoms with Crippen molar-refractivity contribution >= 4 is 50.2 Å². The van der Waals surface area contributed by atoms with E-state index in [-0.39, 0.29) is 44.5 Å². The number of nitrogens with one attached hydrogen (secondary N) is 1. The van der Waals surface area contributed by atoms with E-state index >= 15 is 0 Å². The van der Waals surface area contributed by atoms with E-state index in [4.69, 9.17) is 11.6 Å². The Balaban J connectivity index is 2.09. The highest BCUT2D eigenvalue weighted by Crippen LogP contribution is 2.34. The van der Waals surface area contributed by atoms with Crippen molar-refractivity contribution in [1.82, 2.24) is 14.6 Å². The zero-order valence-electron chi connectivity index (χ0n) is 13.4. The molecular formula is C15H14BrClF2N4O2S. The molecule has 0 amide bonds. The predicted octanol–water partition coefficient (Wildman–Crippen LogP) is 3.84. The van der Waals surface area contributed by atoms with Gasteiger partial charge in [-0.05, 0) is 58.7 Å². The van der Waals surface area contributed by atoms with Gasteiger partial charge in [-0.25, -0.2) is 13.3 Å². The first-order valence-corrected chi connectivity index (χ1v) is 9.59. The second-order valence-electron chi connectivity index (χ2n) is 5.67. The van der Waals surface area contributed by atoms with Gasteiger partial charge in [-0.2, -0.15) is 4.98 Å². The van der Waals surface area contributed by atoms with E-state index in [9.17, 15) is 19.0 Å². The molecule has 0 saturated carbocycles. The third kappa shape index (κ3) is 3.70. The Morgan fingerprint density at radius 1 is 1.50 bits per heavy atom. The maximum Gasteiger partial charge on any atom is 0.283 e. The highest BCUT2D eigenvalue weighted by Gasteiger charge is 2.31. The molecule has 0 aliphatic carbocycles. The van der Waals surface area contributed by atoms with E-state index < -0.39 is 17.9 Å². The molecule has 3 aromatic heterocycles. The summed E-state index contributed by atoms with van der Waals surface area (Å²) in [6.07, 6.45) is -0.855. The van der Waals surface area contributed by atoms with Crippen LogP contribution in [-0.2, 0) is 12.3 Å². The first kappa shape index (κ1) is 19.4. The van der Waals surface area contributed by atoms with Crippen LogP contribution in [0, 0.1) is 5.82 Å². The van der Waals surface area contributed by atoms with Gasteiger partial charge in [-0.15, -0.1) is 16.4 Å². The van der Waals surface area contributed by atoms with Gasteiger partial charge in [-0.3, -0.25) is 0 Å². The van der Waals surface area contributed by atoms with Crippen molar-refractivity contribution in [3.05, 3.63) is 43.7 Å². The lowest BCUT2D eigenvalue weighted by molar-refractivity contribution is -0.140. The summed E-state index contributed by atoms with van der Waals surface area (Å²) in [6, 6.07) is 3.13. The van der Waals surface area contributed by atoms with Crippen LogP contribution in [0.3, 0.4) is 0 Å². The topological polar surface area (TPSA) is 82.7 Å². The maximum absolute atomic E-state index is 15.0. The number of fused-ring (bicyclic) bond motifs is 1. The number of hydrogen-bond acceptors (Lipinski definition) is 6. The van der Waals surface area contributed by atoms with Crippen LogP contribution < -0.4 is 5.32 Å². The molecule has 0 aliphatic rings. The molecule has 0 bridgehead atoms. The third-order valence-corrected chi connectivity index (χ3v) is 5.62. The molecule has 1 unspecified atom stereocenters. The molecule has 0 aromatic carbocycles. The average Bonchev–Trinajstić information content (AvgIpc) is 3.15. The highest BCUT2D eigenvalue weighted by molar-refractivity contribution is 9.10. The Morgan fingerprint density at radius 3 is 2.85 bits per heavy atom. The number of hydrogen-bond donors (Lipinski definition) is 3. The molecule has 3 N–H and O–H groups in total. The quantitative estimate of drug-likeness (QED) is 0.480. The van der Waals surface area contributed by atoms with Crippen LogP contribution >= 0.6 is 38.9 Å². The van der Waals surface area contributed by atoms with Crippen molar-refractivity contribution in [2.45, 2.75) is 31.8 Å². The molecule has 26 heavy (non-hydrogen) atoms. The molecule has 6 nitrogen and oxygen atoms in total. The van der Waals surface area contributed by atoms with Gasteiger partial charge >= 0.3 is 0 Å². The number of anilines is 1. The van der Waals surface area contributed by atoms with Crippen LogP contribution in [0.2, 0.25) is 5.28 Å².